The summed E-state index contributed by atoms with van der Waals surface area (Å²) in [6, 6.07) is 5.90. The van der Waals surface area contributed by atoms with E-state index < -0.39 is 0 Å². The fourth-order valence-corrected chi connectivity index (χ4v) is 2.63. The highest BCUT2D eigenvalue weighted by Crippen LogP contribution is 2.37. The van der Waals surface area contributed by atoms with E-state index in [4.69, 9.17) is 18.9 Å². The van der Waals surface area contributed by atoms with Crippen LogP contribution in [0.1, 0.15) is 13.3 Å². The van der Waals surface area contributed by atoms with Gasteiger partial charge < -0.3 is 24.3 Å². The predicted octanol–water partition coefficient (Wildman–Crippen LogP) is 2.10. The summed E-state index contributed by atoms with van der Waals surface area (Å²) in [5, 5.41) is 3.48. The Hall–Kier alpha value is -1.46. The zero-order valence-electron chi connectivity index (χ0n) is 13.1. The molecule has 1 N–H and O–H groups in total. The average Bonchev–Trinajstić information content (AvgIpc) is 3.05. The van der Waals surface area contributed by atoms with Gasteiger partial charge in [-0.15, -0.1) is 0 Å². The summed E-state index contributed by atoms with van der Waals surface area (Å²) in [4.78, 5) is 0. The molecule has 0 amide bonds. The van der Waals surface area contributed by atoms with Crippen molar-refractivity contribution >= 4 is 0 Å². The van der Waals surface area contributed by atoms with Crippen molar-refractivity contribution in [2.45, 2.75) is 19.4 Å². The van der Waals surface area contributed by atoms with Gasteiger partial charge in [0.2, 0.25) is 5.75 Å². The minimum Gasteiger partial charge on any atom is -0.493 e. The minimum absolute atomic E-state index is 0.270. The van der Waals surface area contributed by atoms with Gasteiger partial charge in [0.25, 0.3) is 0 Å². The van der Waals surface area contributed by atoms with Crippen LogP contribution in [0.3, 0.4) is 0 Å². The Bertz CT molecular complexity index is 410. The first-order valence-corrected chi connectivity index (χ1v) is 7.45. The Balaban J connectivity index is 2.05. The lowest BCUT2D eigenvalue weighted by Crippen LogP contribution is -2.41. The Kier molecular flexibility index (Phi) is 6.14. The van der Waals surface area contributed by atoms with Gasteiger partial charge in [-0.25, -0.2) is 0 Å². The number of nitrogens with one attached hydrogen (secondary N) is 1. The zero-order valence-corrected chi connectivity index (χ0v) is 13.1. The summed E-state index contributed by atoms with van der Waals surface area (Å²) >= 11 is 0. The molecule has 1 aromatic rings. The Morgan fingerprint density at radius 3 is 2.52 bits per heavy atom. The third-order valence-electron chi connectivity index (χ3n) is 3.79. The van der Waals surface area contributed by atoms with Crippen LogP contribution in [-0.4, -0.2) is 46.6 Å². The number of rotatable bonds is 8. The molecule has 5 nitrogen and oxygen atoms in total. The van der Waals surface area contributed by atoms with E-state index in [1.807, 2.05) is 18.2 Å². The van der Waals surface area contributed by atoms with E-state index >= 15 is 0 Å². The van der Waals surface area contributed by atoms with Crippen LogP contribution < -0.4 is 19.5 Å². The first kappa shape index (κ1) is 15.9. The molecule has 1 heterocycles. The van der Waals surface area contributed by atoms with E-state index in [0.717, 1.165) is 26.2 Å². The van der Waals surface area contributed by atoms with Crippen molar-refractivity contribution in [3.8, 4) is 17.2 Å². The summed E-state index contributed by atoms with van der Waals surface area (Å²) < 4.78 is 22.2. The lowest BCUT2D eigenvalue weighted by molar-refractivity contribution is 0.158. The van der Waals surface area contributed by atoms with E-state index in [9.17, 15) is 0 Å². The monoisotopic (exact) mass is 295 g/mol. The second-order valence-electron chi connectivity index (χ2n) is 5.09. The predicted molar refractivity (Wildman–Crippen MR) is 81.4 cm³/mol. The van der Waals surface area contributed by atoms with E-state index in [0.29, 0.717) is 29.8 Å². The van der Waals surface area contributed by atoms with E-state index in [2.05, 4.69) is 12.2 Å². The molecule has 0 aromatic heterocycles. The van der Waals surface area contributed by atoms with E-state index in [1.165, 1.54) is 0 Å². The van der Waals surface area contributed by atoms with Gasteiger partial charge in [-0.2, -0.15) is 0 Å². The van der Waals surface area contributed by atoms with Crippen molar-refractivity contribution < 1.29 is 18.9 Å². The molecule has 5 heteroatoms. The largest absolute Gasteiger partial charge is 0.493 e. The molecule has 118 valence electrons. The number of benzene rings is 1. The maximum Gasteiger partial charge on any atom is 0.203 e. The molecular weight excluding hydrogens is 270 g/mol. The van der Waals surface area contributed by atoms with Crippen LogP contribution >= 0.6 is 0 Å². The second-order valence-corrected chi connectivity index (χ2v) is 5.09. The summed E-state index contributed by atoms with van der Waals surface area (Å²) in [6.07, 6.45) is 1.07. The Morgan fingerprint density at radius 2 is 2.00 bits per heavy atom. The third-order valence-corrected chi connectivity index (χ3v) is 3.79. The topological polar surface area (TPSA) is 49.0 Å². The molecule has 21 heavy (non-hydrogen) atoms. The van der Waals surface area contributed by atoms with Crippen molar-refractivity contribution in [3.63, 3.8) is 0 Å². The summed E-state index contributed by atoms with van der Waals surface area (Å²) in [6.45, 7) is 5.22. The molecular formula is C16H25NO4. The van der Waals surface area contributed by atoms with Gasteiger partial charge in [0.05, 0.1) is 20.8 Å². The van der Waals surface area contributed by atoms with Crippen molar-refractivity contribution in [1.29, 1.82) is 0 Å². The molecule has 2 rings (SSSR count). The fourth-order valence-electron chi connectivity index (χ4n) is 2.63. The van der Waals surface area contributed by atoms with Crippen molar-refractivity contribution in [3.05, 3.63) is 18.2 Å². The number of likely N-dealkylation sites (N-methyl/N-ethyl adjacent to an activating group) is 1. The molecule has 2 unspecified atom stereocenters. The highest BCUT2D eigenvalue weighted by molar-refractivity contribution is 5.51. The van der Waals surface area contributed by atoms with Gasteiger partial charge in [0.1, 0.15) is 6.61 Å². The van der Waals surface area contributed by atoms with Crippen LogP contribution in [0.25, 0.3) is 0 Å². The second kappa shape index (κ2) is 8.10. The number of ether oxygens (including phenoxy) is 4. The number of methoxy groups -OCH3 is 2. The average molecular weight is 295 g/mol. The molecule has 0 radical (unpaired) electrons. The molecule has 1 saturated heterocycles. The fraction of sp³-hybridized carbons (Fsp3) is 0.625. The summed E-state index contributed by atoms with van der Waals surface area (Å²) in [7, 11) is 3.27. The van der Waals surface area contributed by atoms with Crippen LogP contribution in [0.4, 0.5) is 0 Å². The maximum atomic E-state index is 6.01. The summed E-state index contributed by atoms with van der Waals surface area (Å²) in [5.74, 6) is 2.52. The number of hydrogen-bond donors (Lipinski definition) is 1. The van der Waals surface area contributed by atoms with E-state index in [1.54, 1.807) is 14.2 Å². The van der Waals surface area contributed by atoms with Crippen LogP contribution in [0.5, 0.6) is 17.2 Å². The van der Waals surface area contributed by atoms with Gasteiger partial charge in [-0.3, -0.25) is 0 Å². The highest BCUT2D eigenvalue weighted by atomic mass is 16.5. The van der Waals surface area contributed by atoms with Crippen molar-refractivity contribution in [2.24, 2.45) is 5.92 Å². The normalized spacial score (nSPS) is 19.3. The lowest BCUT2D eigenvalue weighted by atomic mass is 10.00. The van der Waals surface area contributed by atoms with Crippen LogP contribution in [0, 0.1) is 5.92 Å². The van der Waals surface area contributed by atoms with Gasteiger partial charge in [0.15, 0.2) is 11.5 Å². The molecule has 0 spiro atoms. The molecule has 1 aliphatic heterocycles. The minimum atomic E-state index is 0.270. The number of hydrogen-bond acceptors (Lipinski definition) is 5. The molecule has 2 atom stereocenters. The molecule has 1 fully saturated rings. The molecule has 1 aromatic carbocycles. The first-order valence-electron chi connectivity index (χ1n) is 7.45. The van der Waals surface area contributed by atoms with Crippen LogP contribution in [0.2, 0.25) is 0 Å². The Morgan fingerprint density at radius 1 is 1.29 bits per heavy atom. The van der Waals surface area contributed by atoms with E-state index in [-0.39, 0.29) is 6.04 Å². The van der Waals surface area contributed by atoms with Crippen molar-refractivity contribution in [1.82, 2.24) is 5.32 Å². The third kappa shape index (κ3) is 4.02. The molecule has 0 saturated carbocycles. The maximum absolute atomic E-state index is 6.01. The van der Waals surface area contributed by atoms with Crippen molar-refractivity contribution in [2.75, 3.05) is 40.6 Å². The standard InChI is InChI=1S/C16H25NO4/c1-4-17-13(12-8-9-20-10-12)11-21-16-14(18-2)6-5-7-15(16)19-3/h5-7,12-13,17H,4,8-11H2,1-3H3. The van der Waals surface area contributed by atoms with Gasteiger partial charge in [-0.05, 0) is 25.1 Å². The highest BCUT2D eigenvalue weighted by Gasteiger charge is 2.26. The van der Waals surface area contributed by atoms with Gasteiger partial charge >= 0.3 is 0 Å². The first-order chi connectivity index (χ1) is 10.3. The van der Waals surface area contributed by atoms with Crippen LogP contribution in [0.15, 0.2) is 18.2 Å². The van der Waals surface area contributed by atoms with Gasteiger partial charge in [0, 0.05) is 18.6 Å². The van der Waals surface area contributed by atoms with Crippen LogP contribution in [-0.2, 0) is 4.74 Å². The smallest absolute Gasteiger partial charge is 0.203 e. The lowest BCUT2D eigenvalue weighted by Gasteiger charge is -2.24. The summed E-state index contributed by atoms with van der Waals surface area (Å²) in [5.41, 5.74) is 0. The number of para-hydroxylation sites is 1. The molecule has 0 aliphatic carbocycles. The SMILES string of the molecule is CCNC(COc1c(OC)cccc1OC)C1CCOC1. The zero-order chi connectivity index (χ0) is 15.1. The van der Waals surface area contributed by atoms with Gasteiger partial charge in [-0.1, -0.05) is 13.0 Å². The molecule has 0 bridgehead atoms. The Labute approximate surface area is 126 Å². The molecule has 1 aliphatic rings. The quantitative estimate of drug-likeness (QED) is 0.796.